The van der Waals surface area contributed by atoms with Crippen LogP contribution in [0.4, 0.5) is 0 Å². The van der Waals surface area contributed by atoms with Crippen molar-refractivity contribution < 1.29 is 9.84 Å². The predicted molar refractivity (Wildman–Crippen MR) is 110 cm³/mol. The Balaban J connectivity index is 1.44. The highest BCUT2D eigenvalue weighted by Gasteiger charge is 2.14. The second kappa shape index (κ2) is 11.1. The van der Waals surface area contributed by atoms with Crippen molar-refractivity contribution in [2.24, 2.45) is 0 Å². The molecule has 0 aliphatic carbocycles. The predicted octanol–water partition coefficient (Wildman–Crippen LogP) is 2.72. The Kier molecular flexibility index (Phi) is 8.21. The van der Waals surface area contributed by atoms with Crippen molar-refractivity contribution in [1.82, 2.24) is 19.8 Å². The molecule has 0 saturated carbocycles. The molecule has 1 N–H and O–H groups in total. The van der Waals surface area contributed by atoms with Gasteiger partial charge in [-0.3, -0.25) is 4.90 Å². The van der Waals surface area contributed by atoms with Crippen LogP contribution >= 0.6 is 0 Å². The van der Waals surface area contributed by atoms with E-state index in [1.807, 2.05) is 18.2 Å². The zero-order chi connectivity index (χ0) is 19.6. The third kappa shape index (κ3) is 7.19. The van der Waals surface area contributed by atoms with Crippen molar-refractivity contribution in [2.45, 2.75) is 44.9 Å². The first-order valence-corrected chi connectivity index (χ1v) is 10.2. The van der Waals surface area contributed by atoms with E-state index in [4.69, 9.17) is 4.74 Å². The summed E-state index contributed by atoms with van der Waals surface area (Å²) >= 11 is 0. The topological polar surface area (TPSA) is 61.7 Å². The van der Waals surface area contributed by atoms with E-state index >= 15 is 0 Å². The number of rotatable bonds is 9. The van der Waals surface area contributed by atoms with Crippen molar-refractivity contribution in [3.63, 3.8) is 0 Å². The molecule has 2 aromatic rings. The van der Waals surface area contributed by atoms with Gasteiger partial charge in [0.05, 0.1) is 5.69 Å². The van der Waals surface area contributed by atoms with Gasteiger partial charge in [0.25, 0.3) is 0 Å². The third-order valence-corrected chi connectivity index (χ3v) is 5.04. The maximum Gasteiger partial charge on any atom is 0.119 e. The number of ether oxygens (including phenoxy) is 1. The lowest BCUT2D eigenvalue weighted by Crippen LogP contribution is -2.36. The summed E-state index contributed by atoms with van der Waals surface area (Å²) in [5.41, 5.74) is 2.18. The van der Waals surface area contributed by atoms with Crippen LogP contribution < -0.4 is 4.74 Å². The molecule has 152 valence electrons. The summed E-state index contributed by atoms with van der Waals surface area (Å²) in [6, 6.07) is 10.0. The molecule has 28 heavy (non-hydrogen) atoms. The second-order valence-corrected chi connectivity index (χ2v) is 7.70. The minimum absolute atomic E-state index is 0.330. The van der Waals surface area contributed by atoms with E-state index in [1.54, 1.807) is 12.5 Å². The highest BCUT2D eigenvalue weighted by molar-refractivity contribution is 5.28. The van der Waals surface area contributed by atoms with E-state index < -0.39 is 6.10 Å². The van der Waals surface area contributed by atoms with Gasteiger partial charge in [0.2, 0.25) is 0 Å². The zero-order valence-corrected chi connectivity index (χ0v) is 16.8. The van der Waals surface area contributed by atoms with Gasteiger partial charge in [0, 0.05) is 25.8 Å². The van der Waals surface area contributed by atoms with Crippen LogP contribution in [0.3, 0.4) is 0 Å². The molecule has 0 spiro atoms. The molecular formula is C22H32N4O2. The van der Waals surface area contributed by atoms with E-state index in [0.717, 1.165) is 37.6 Å². The summed E-state index contributed by atoms with van der Waals surface area (Å²) in [4.78, 5) is 12.8. The summed E-state index contributed by atoms with van der Waals surface area (Å²) in [5.74, 6) is 0.808. The van der Waals surface area contributed by atoms with Crippen molar-refractivity contribution in [2.75, 3.05) is 33.3 Å². The molecule has 6 nitrogen and oxygen atoms in total. The first-order chi connectivity index (χ1) is 13.7. The maximum atomic E-state index is 10.3. The Labute approximate surface area is 168 Å². The molecule has 0 radical (unpaired) electrons. The van der Waals surface area contributed by atoms with Crippen LogP contribution in [0.1, 0.15) is 36.9 Å². The van der Waals surface area contributed by atoms with Crippen LogP contribution in [-0.2, 0) is 13.1 Å². The van der Waals surface area contributed by atoms with Crippen LogP contribution in [0.2, 0.25) is 0 Å². The highest BCUT2D eigenvalue weighted by atomic mass is 16.5. The molecule has 2 heterocycles. The second-order valence-electron chi connectivity index (χ2n) is 7.70. The van der Waals surface area contributed by atoms with E-state index in [0.29, 0.717) is 13.2 Å². The van der Waals surface area contributed by atoms with Gasteiger partial charge >= 0.3 is 0 Å². The molecule has 6 heteroatoms. The van der Waals surface area contributed by atoms with Crippen molar-refractivity contribution in [3.8, 4) is 5.75 Å². The average molecular weight is 385 g/mol. The Morgan fingerprint density at radius 1 is 1.14 bits per heavy atom. The number of aliphatic hydroxyl groups excluding tert-OH is 1. The van der Waals surface area contributed by atoms with Gasteiger partial charge in [0.1, 0.15) is 24.8 Å². The van der Waals surface area contributed by atoms with Gasteiger partial charge in [-0.2, -0.15) is 0 Å². The number of benzene rings is 1. The molecule has 1 saturated heterocycles. The number of likely N-dealkylation sites (tertiary alicyclic amines) is 1. The number of hydrogen-bond acceptors (Lipinski definition) is 6. The van der Waals surface area contributed by atoms with E-state index in [1.165, 1.54) is 31.2 Å². The number of β-amino-alcohol motifs (C(OH)–C–C–N with tert-alkyl or cyclic N) is 1. The first-order valence-electron chi connectivity index (χ1n) is 10.2. The molecule has 0 amide bonds. The first kappa shape index (κ1) is 20.7. The lowest BCUT2D eigenvalue weighted by atomic mass is 10.2. The standard InChI is InChI=1S/C22H32N4O2/c1-25(15-20-9-10-23-18-24-20)14-19-7-6-8-22(13-19)28-17-21(27)16-26-11-4-2-3-5-12-26/h6-10,13,18,21,27H,2-5,11-12,14-17H2,1H3/t21-/m0/s1. The molecular weight excluding hydrogens is 352 g/mol. The van der Waals surface area contributed by atoms with Gasteiger partial charge in [0.15, 0.2) is 0 Å². The Bertz CT molecular complexity index is 690. The minimum Gasteiger partial charge on any atom is -0.491 e. The quantitative estimate of drug-likeness (QED) is 0.717. The molecule has 1 aliphatic heterocycles. The largest absolute Gasteiger partial charge is 0.491 e. The molecule has 0 bridgehead atoms. The minimum atomic E-state index is -0.456. The van der Waals surface area contributed by atoms with Crippen LogP contribution in [0.25, 0.3) is 0 Å². The fourth-order valence-electron chi connectivity index (χ4n) is 3.65. The number of hydrogen-bond donors (Lipinski definition) is 1. The van der Waals surface area contributed by atoms with E-state index in [9.17, 15) is 5.11 Å². The van der Waals surface area contributed by atoms with Gasteiger partial charge in [-0.15, -0.1) is 0 Å². The lowest BCUT2D eigenvalue weighted by Gasteiger charge is -2.23. The summed E-state index contributed by atoms with van der Waals surface area (Å²) in [6.45, 7) is 4.77. The molecule has 1 aromatic heterocycles. The van der Waals surface area contributed by atoms with Crippen LogP contribution in [0, 0.1) is 0 Å². The molecule has 1 atom stereocenters. The molecule has 1 aliphatic rings. The number of nitrogens with zero attached hydrogens (tertiary/aromatic N) is 4. The maximum absolute atomic E-state index is 10.3. The van der Waals surface area contributed by atoms with Crippen LogP contribution in [-0.4, -0.2) is 64.3 Å². The fourth-order valence-corrected chi connectivity index (χ4v) is 3.65. The molecule has 3 rings (SSSR count). The van der Waals surface area contributed by atoms with Gasteiger partial charge in [-0.05, 0) is 56.7 Å². The monoisotopic (exact) mass is 384 g/mol. The van der Waals surface area contributed by atoms with Crippen molar-refractivity contribution in [1.29, 1.82) is 0 Å². The zero-order valence-electron chi connectivity index (χ0n) is 16.8. The van der Waals surface area contributed by atoms with E-state index in [-0.39, 0.29) is 0 Å². The Hall–Kier alpha value is -2.02. The van der Waals surface area contributed by atoms with Crippen molar-refractivity contribution in [3.05, 3.63) is 54.1 Å². The summed E-state index contributed by atoms with van der Waals surface area (Å²) < 4.78 is 5.87. The summed E-state index contributed by atoms with van der Waals surface area (Å²) in [5, 5.41) is 10.3. The van der Waals surface area contributed by atoms with Gasteiger partial charge in [-0.1, -0.05) is 25.0 Å². The van der Waals surface area contributed by atoms with Crippen LogP contribution in [0.15, 0.2) is 42.9 Å². The SMILES string of the molecule is CN(Cc1cccc(OC[C@@H](O)CN2CCCCCC2)c1)Cc1ccncn1. The van der Waals surface area contributed by atoms with E-state index in [2.05, 4.69) is 38.9 Å². The Morgan fingerprint density at radius 3 is 2.71 bits per heavy atom. The fraction of sp³-hybridized carbons (Fsp3) is 0.545. The average Bonchev–Trinajstić information content (AvgIpc) is 2.96. The Morgan fingerprint density at radius 2 is 1.96 bits per heavy atom. The number of aliphatic hydroxyl groups is 1. The highest BCUT2D eigenvalue weighted by Crippen LogP contribution is 2.16. The smallest absolute Gasteiger partial charge is 0.119 e. The normalized spacial score (nSPS) is 16.7. The summed E-state index contributed by atoms with van der Waals surface area (Å²) in [7, 11) is 2.07. The van der Waals surface area contributed by atoms with Crippen molar-refractivity contribution >= 4 is 0 Å². The van der Waals surface area contributed by atoms with Gasteiger partial charge in [-0.25, -0.2) is 9.97 Å². The molecule has 0 unspecified atom stereocenters. The van der Waals surface area contributed by atoms with Gasteiger partial charge < -0.3 is 14.7 Å². The number of aromatic nitrogens is 2. The third-order valence-electron chi connectivity index (χ3n) is 5.04. The lowest BCUT2D eigenvalue weighted by molar-refractivity contribution is 0.0693. The molecule has 1 fully saturated rings. The summed E-state index contributed by atoms with van der Waals surface area (Å²) in [6.07, 6.45) is 7.97. The molecule has 1 aromatic carbocycles. The van der Waals surface area contributed by atoms with Crippen LogP contribution in [0.5, 0.6) is 5.75 Å².